The number of likely N-dealkylation sites (tertiary alicyclic amines) is 1. The number of rotatable bonds is 5. The lowest BCUT2D eigenvalue weighted by molar-refractivity contribution is 0.0798. The Morgan fingerprint density at radius 3 is 2.90 bits per heavy atom. The zero-order valence-corrected chi connectivity index (χ0v) is 12.6. The minimum absolute atomic E-state index is 0.205. The molecule has 1 aromatic rings. The maximum atomic E-state index is 12.5. The number of aliphatic hydroxyl groups is 1. The normalized spacial score (nSPS) is 20.1. The van der Waals surface area contributed by atoms with Gasteiger partial charge in [0.1, 0.15) is 0 Å². The zero-order chi connectivity index (χ0) is 14.5. The van der Waals surface area contributed by atoms with Crippen LogP contribution in [0.25, 0.3) is 0 Å². The highest BCUT2D eigenvalue weighted by Gasteiger charge is 2.24. The summed E-state index contributed by atoms with van der Waals surface area (Å²) in [6, 6.07) is 6.41. The van der Waals surface area contributed by atoms with Crippen molar-refractivity contribution in [1.82, 2.24) is 4.90 Å². The van der Waals surface area contributed by atoms with Gasteiger partial charge < -0.3 is 5.11 Å². The van der Waals surface area contributed by atoms with Gasteiger partial charge in [-0.25, -0.2) is 0 Å². The number of piperidine rings is 1. The minimum Gasteiger partial charge on any atom is -0.396 e. The number of carbonyl (C=O) groups excluding carboxylic acids is 1. The summed E-state index contributed by atoms with van der Waals surface area (Å²) in [6.45, 7) is 5.68. The molecule has 1 saturated heterocycles. The van der Waals surface area contributed by atoms with Gasteiger partial charge in [-0.3, -0.25) is 9.69 Å². The Morgan fingerprint density at radius 1 is 1.35 bits per heavy atom. The van der Waals surface area contributed by atoms with Crippen molar-refractivity contribution in [2.75, 3.05) is 19.7 Å². The van der Waals surface area contributed by atoms with Gasteiger partial charge in [-0.1, -0.05) is 24.1 Å². The lowest BCUT2D eigenvalue weighted by Gasteiger charge is -2.35. The van der Waals surface area contributed by atoms with Crippen molar-refractivity contribution < 1.29 is 9.90 Å². The van der Waals surface area contributed by atoms with Crippen molar-refractivity contribution in [3.63, 3.8) is 0 Å². The summed E-state index contributed by atoms with van der Waals surface area (Å²) in [6.07, 6.45) is 4.24. The van der Waals surface area contributed by atoms with Crippen LogP contribution in [0.3, 0.4) is 0 Å². The first kappa shape index (κ1) is 15.2. The highest BCUT2D eigenvalue weighted by Crippen LogP contribution is 2.20. The molecule has 1 unspecified atom stereocenters. The quantitative estimate of drug-likeness (QED) is 0.840. The van der Waals surface area contributed by atoms with Gasteiger partial charge in [0.25, 0.3) is 0 Å². The lowest BCUT2D eigenvalue weighted by atomic mass is 9.97. The number of nitrogens with zero attached hydrogens (tertiary/aromatic N) is 1. The van der Waals surface area contributed by atoms with E-state index in [1.807, 2.05) is 32.0 Å². The van der Waals surface area contributed by atoms with Crippen LogP contribution in [0.15, 0.2) is 18.2 Å². The van der Waals surface area contributed by atoms with Crippen molar-refractivity contribution in [3.05, 3.63) is 34.9 Å². The van der Waals surface area contributed by atoms with E-state index in [2.05, 4.69) is 4.90 Å². The van der Waals surface area contributed by atoms with E-state index in [9.17, 15) is 4.79 Å². The number of benzene rings is 1. The molecule has 20 heavy (non-hydrogen) atoms. The molecule has 1 aromatic carbocycles. The Balaban J connectivity index is 2.07. The lowest BCUT2D eigenvalue weighted by Crippen LogP contribution is -2.43. The molecule has 1 aliphatic rings. The molecule has 0 aliphatic carbocycles. The van der Waals surface area contributed by atoms with Gasteiger partial charge in [-0.05, 0) is 51.3 Å². The third-order valence-electron chi connectivity index (χ3n) is 4.25. The minimum atomic E-state index is 0.205. The summed E-state index contributed by atoms with van der Waals surface area (Å²) in [5.41, 5.74) is 3.03. The van der Waals surface area contributed by atoms with Crippen LogP contribution in [0.2, 0.25) is 0 Å². The number of carbonyl (C=O) groups is 1. The van der Waals surface area contributed by atoms with Gasteiger partial charge in [0, 0.05) is 18.2 Å². The fraction of sp³-hybridized carbons (Fsp3) is 0.588. The van der Waals surface area contributed by atoms with Gasteiger partial charge in [0.05, 0.1) is 6.54 Å². The highest BCUT2D eigenvalue weighted by molar-refractivity contribution is 5.99. The molecule has 0 spiro atoms. The monoisotopic (exact) mass is 275 g/mol. The van der Waals surface area contributed by atoms with Crippen LogP contribution in [0.1, 0.15) is 47.2 Å². The largest absolute Gasteiger partial charge is 0.396 e. The number of aliphatic hydroxyl groups excluding tert-OH is 1. The summed E-state index contributed by atoms with van der Waals surface area (Å²) >= 11 is 0. The maximum Gasteiger partial charge on any atom is 0.177 e. The van der Waals surface area contributed by atoms with Gasteiger partial charge in [0.2, 0.25) is 0 Å². The molecule has 1 N–H and O–H groups in total. The first-order valence-electron chi connectivity index (χ1n) is 7.57. The average molecular weight is 275 g/mol. The Bertz CT molecular complexity index is 468. The molecule has 1 fully saturated rings. The molecule has 1 aliphatic heterocycles. The molecule has 0 saturated carbocycles. The van der Waals surface area contributed by atoms with Crippen LogP contribution in [-0.4, -0.2) is 41.5 Å². The molecule has 0 amide bonds. The highest BCUT2D eigenvalue weighted by atomic mass is 16.3. The van der Waals surface area contributed by atoms with Crippen LogP contribution in [0.5, 0.6) is 0 Å². The first-order valence-corrected chi connectivity index (χ1v) is 7.57. The van der Waals surface area contributed by atoms with E-state index in [1.165, 1.54) is 6.42 Å². The maximum absolute atomic E-state index is 12.5. The number of aryl methyl sites for hydroxylation is 2. The smallest absolute Gasteiger partial charge is 0.177 e. The predicted molar refractivity (Wildman–Crippen MR) is 81.2 cm³/mol. The third-order valence-corrected chi connectivity index (χ3v) is 4.25. The molecule has 0 aromatic heterocycles. The second-order valence-electron chi connectivity index (χ2n) is 5.87. The van der Waals surface area contributed by atoms with Crippen molar-refractivity contribution in [3.8, 4) is 0 Å². The predicted octanol–water partition coefficient (Wildman–Crippen LogP) is 2.72. The van der Waals surface area contributed by atoms with Gasteiger partial charge in [-0.15, -0.1) is 0 Å². The zero-order valence-electron chi connectivity index (χ0n) is 12.6. The van der Waals surface area contributed by atoms with Gasteiger partial charge >= 0.3 is 0 Å². The standard InChI is InChI=1S/C17H25NO2/c1-13-6-7-14(2)16(11-13)17(20)12-18-9-4-3-5-15(18)8-10-19/h6-7,11,15,19H,3-5,8-10,12H2,1-2H3. The molecular formula is C17H25NO2. The van der Waals surface area contributed by atoms with E-state index in [0.717, 1.165) is 42.5 Å². The average Bonchev–Trinajstić information content (AvgIpc) is 2.44. The van der Waals surface area contributed by atoms with Crippen molar-refractivity contribution >= 4 is 5.78 Å². The summed E-state index contributed by atoms with van der Waals surface area (Å²) in [5, 5.41) is 9.16. The third kappa shape index (κ3) is 3.68. The number of Topliss-reactive ketones (excluding diaryl/α,β-unsaturated/α-hetero) is 1. The van der Waals surface area contributed by atoms with E-state index in [4.69, 9.17) is 5.11 Å². The molecule has 1 heterocycles. The second kappa shape index (κ2) is 7.00. The Kier molecular flexibility index (Phi) is 5.32. The van der Waals surface area contributed by atoms with Crippen molar-refractivity contribution in [2.24, 2.45) is 0 Å². The Labute approximate surface area is 121 Å². The molecule has 0 bridgehead atoms. The fourth-order valence-corrected chi connectivity index (χ4v) is 3.05. The van der Waals surface area contributed by atoms with Crippen LogP contribution in [0, 0.1) is 13.8 Å². The summed E-state index contributed by atoms with van der Waals surface area (Å²) < 4.78 is 0. The molecule has 110 valence electrons. The second-order valence-corrected chi connectivity index (χ2v) is 5.87. The molecule has 3 heteroatoms. The van der Waals surface area contributed by atoms with Crippen molar-refractivity contribution in [1.29, 1.82) is 0 Å². The van der Waals surface area contributed by atoms with Crippen molar-refractivity contribution in [2.45, 2.75) is 45.6 Å². The van der Waals surface area contributed by atoms with Gasteiger partial charge in [-0.2, -0.15) is 0 Å². The fourth-order valence-electron chi connectivity index (χ4n) is 3.05. The SMILES string of the molecule is Cc1ccc(C)c(C(=O)CN2CCCCC2CCO)c1. The van der Waals surface area contributed by atoms with Gasteiger partial charge in [0.15, 0.2) is 5.78 Å². The van der Waals surface area contributed by atoms with Crippen LogP contribution >= 0.6 is 0 Å². The summed E-state index contributed by atoms with van der Waals surface area (Å²) in [5.74, 6) is 0.205. The summed E-state index contributed by atoms with van der Waals surface area (Å²) in [4.78, 5) is 14.8. The molecular weight excluding hydrogens is 250 g/mol. The first-order chi connectivity index (χ1) is 9.61. The van der Waals surface area contributed by atoms with E-state index < -0.39 is 0 Å². The van der Waals surface area contributed by atoms with Crippen LogP contribution in [-0.2, 0) is 0 Å². The van der Waals surface area contributed by atoms with Crippen LogP contribution in [0.4, 0.5) is 0 Å². The van der Waals surface area contributed by atoms with E-state index in [0.29, 0.717) is 12.6 Å². The Hall–Kier alpha value is -1.19. The number of ketones is 1. The van der Waals surface area contributed by atoms with E-state index >= 15 is 0 Å². The van der Waals surface area contributed by atoms with E-state index in [1.54, 1.807) is 0 Å². The van der Waals surface area contributed by atoms with Crippen LogP contribution < -0.4 is 0 Å². The molecule has 3 nitrogen and oxygen atoms in total. The molecule has 0 radical (unpaired) electrons. The molecule has 2 rings (SSSR count). The Morgan fingerprint density at radius 2 is 2.15 bits per heavy atom. The van der Waals surface area contributed by atoms with E-state index in [-0.39, 0.29) is 12.4 Å². The number of hydrogen-bond donors (Lipinski definition) is 1. The summed E-state index contributed by atoms with van der Waals surface area (Å²) in [7, 11) is 0. The topological polar surface area (TPSA) is 40.5 Å². The number of hydrogen-bond acceptors (Lipinski definition) is 3. The molecule has 1 atom stereocenters.